The first-order valence-corrected chi connectivity index (χ1v) is 11.0. The maximum atomic E-state index is 13.5. The fourth-order valence-electron chi connectivity index (χ4n) is 3.24. The summed E-state index contributed by atoms with van der Waals surface area (Å²) >= 11 is 5.98. The average molecular weight is 440 g/mol. The standard InChI is InChI=1S/C22H22FN5S2/c1-13(2)19-16(12-30-22-24-17-6-4-5-7-18(17)25-22)20(27-21(26-19)28(3)29)14-8-10-15(23)11-9-14/h4-11,13,29H,12H2,1-3H3,(H,24,25). The second-order valence-electron chi connectivity index (χ2n) is 7.27. The van der Waals surface area contributed by atoms with Crippen molar-refractivity contribution in [1.29, 1.82) is 0 Å². The van der Waals surface area contributed by atoms with Gasteiger partial charge in [0.2, 0.25) is 5.95 Å². The lowest BCUT2D eigenvalue weighted by Gasteiger charge is -2.19. The number of aromatic amines is 1. The predicted octanol–water partition coefficient (Wildman–Crippen LogP) is 5.86. The molecule has 2 aromatic heterocycles. The zero-order valence-corrected chi connectivity index (χ0v) is 18.6. The van der Waals surface area contributed by atoms with Crippen LogP contribution in [0.4, 0.5) is 10.3 Å². The van der Waals surface area contributed by atoms with Gasteiger partial charge < -0.3 is 4.98 Å². The smallest absolute Gasteiger partial charge is 0.235 e. The molecule has 4 aromatic rings. The Morgan fingerprint density at radius 2 is 1.80 bits per heavy atom. The van der Waals surface area contributed by atoms with Crippen LogP contribution in [-0.2, 0) is 5.75 Å². The lowest BCUT2D eigenvalue weighted by atomic mass is 9.99. The molecule has 2 aromatic carbocycles. The molecule has 0 spiro atoms. The predicted molar refractivity (Wildman–Crippen MR) is 125 cm³/mol. The molecule has 8 heteroatoms. The molecule has 0 saturated heterocycles. The molecule has 154 valence electrons. The van der Waals surface area contributed by atoms with Crippen LogP contribution in [0.3, 0.4) is 0 Å². The van der Waals surface area contributed by atoms with Crippen molar-refractivity contribution in [1.82, 2.24) is 19.9 Å². The molecule has 5 nitrogen and oxygen atoms in total. The number of aromatic nitrogens is 4. The number of thiol groups is 1. The average Bonchev–Trinajstić information content (AvgIpc) is 3.15. The number of thioether (sulfide) groups is 1. The quantitative estimate of drug-likeness (QED) is 0.291. The van der Waals surface area contributed by atoms with Crippen LogP contribution < -0.4 is 4.31 Å². The zero-order chi connectivity index (χ0) is 21.3. The summed E-state index contributed by atoms with van der Waals surface area (Å²) in [5, 5.41) is 0.839. The first kappa shape index (κ1) is 20.7. The number of anilines is 1. The molecular weight excluding hydrogens is 417 g/mol. The van der Waals surface area contributed by atoms with E-state index in [0.29, 0.717) is 11.7 Å². The minimum atomic E-state index is -0.276. The van der Waals surface area contributed by atoms with E-state index >= 15 is 0 Å². The minimum Gasteiger partial charge on any atom is -0.333 e. The Kier molecular flexibility index (Phi) is 5.97. The Bertz CT molecular complexity index is 1140. The van der Waals surface area contributed by atoms with Gasteiger partial charge in [0.25, 0.3) is 0 Å². The van der Waals surface area contributed by atoms with Crippen LogP contribution in [0.25, 0.3) is 22.3 Å². The van der Waals surface area contributed by atoms with Gasteiger partial charge in [-0.3, -0.25) is 4.31 Å². The van der Waals surface area contributed by atoms with Crippen molar-refractivity contribution in [2.24, 2.45) is 0 Å². The second-order valence-corrected chi connectivity index (χ2v) is 8.83. The molecule has 0 amide bonds. The lowest BCUT2D eigenvalue weighted by Crippen LogP contribution is -2.12. The first-order valence-electron chi connectivity index (χ1n) is 9.59. The van der Waals surface area contributed by atoms with E-state index in [4.69, 9.17) is 9.97 Å². The molecule has 4 rings (SSSR count). The van der Waals surface area contributed by atoms with Gasteiger partial charge in [-0.2, -0.15) is 0 Å². The molecule has 0 aliphatic rings. The van der Waals surface area contributed by atoms with E-state index in [9.17, 15) is 4.39 Å². The van der Waals surface area contributed by atoms with E-state index < -0.39 is 0 Å². The van der Waals surface area contributed by atoms with Crippen molar-refractivity contribution in [2.45, 2.75) is 30.7 Å². The van der Waals surface area contributed by atoms with Gasteiger partial charge in [-0.15, -0.1) is 0 Å². The summed E-state index contributed by atoms with van der Waals surface area (Å²) in [6.07, 6.45) is 0. The van der Waals surface area contributed by atoms with Crippen LogP contribution >= 0.6 is 24.6 Å². The molecule has 2 heterocycles. The van der Waals surface area contributed by atoms with E-state index in [0.717, 1.165) is 38.7 Å². The first-order chi connectivity index (χ1) is 14.4. The summed E-state index contributed by atoms with van der Waals surface area (Å²) in [5.74, 6) is 1.06. The molecule has 0 atom stereocenters. The van der Waals surface area contributed by atoms with Crippen molar-refractivity contribution in [3.63, 3.8) is 0 Å². The molecule has 1 N–H and O–H groups in total. The minimum absolute atomic E-state index is 0.186. The lowest BCUT2D eigenvalue weighted by molar-refractivity contribution is 0.628. The summed E-state index contributed by atoms with van der Waals surface area (Å²) in [7, 11) is 1.79. The number of halogens is 1. The third-order valence-corrected chi connectivity index (χ3v) is 5.78. The number of benzene rings is 2. The highest BCUT2D eigenvalue weighted by Crippen LogP contribution is 2.34. The van der Waals surface area contributed by atoms with Crippen molar-refractivity contribution in [3.8, 4) is 11.3 Å². The van der Waals surface area contributed by atoms with Crippen LogP contribution in [0.1, 0.15) is 31.0 Å². The highest BCUT2D eigenvalue weighted by Gasteiger charge is 2.20. The monoisotopic (exact) mass is 439 g/mol. The SMILES string of the molecule is CC(C)c1nc(N(C)S)nc(-c2ccc(F)cc2)c1CSc1nc2ccccc2[nH]1. The van der Waals surface area contributed by atoms with Crippen LogP contribution in [0.15, 0.2) is 53.7 Å². The Balaban J connectivity index is 1.77. The molecule has 0 aliphatic carbocycles. The number of hydrogen-bond acceptors (Lipinski definition) is 6. The summed E-state index contributed by atoms with van der Waals surface area (Å²) in [5.41, 5.74) is 5.53. The number of fused-ring (bicyclic) bond motifs is 1. The third-order valence-electron chi connectivity index (χ3n) is 4.70. The van der Waals surface area contributed by atoms with Gasteiger partial charge in [-0.05, 0) is 42.3 Å². The molecule has 0 fully saturated rings. The number of imidazole rings is 1. The fraction of sp³-hybridized carbons (Fsp3) is 0.227. The van der Waals surface area contributed by atoms with Gasteiger partial charge in [0, 0.05) is 23.9 Å². The Morgan fingerprint density at radius 1 is 1.07 bits per heavy atom. The molecule has 30 heavy (non-hydrogen) atoms. The number of nitrogens with zero attached hydrogens (tertiary/aromatic N) is 4. The summed E-state index contributed by atoms with van der Waals surface area (Å²) in [6, 6.07) is 14.4. The molecule has 0 bridgehead atoms. The summed E-state index contributed by atoms with van der Waals surface area (Å²) < 4.78 is 15.1. The van der Waals surface area contributed by atoms with Gasteiger partial charge in [0.1, 0.15) is 5.82 Å². The number of para-hydroxylation sites is 2. The van der Waals surface area contributed by atoms with Crippen molar-refractivity contribution >= 4 is 41.6 Å². The number of H-pyrrole nitrogens is 1. The summed E-state index contributed by atoms with van der Waals surface area (Å²) in [4.78, 5) is 17.5. The highest BCUT2D eigenvalue weighted by atomic mass is 32.2. The number of hydrogen-bond donors (Lipinski definition) is 2. The highest BCUT2D eigenvalue weighted by molar-refractivity contribution is 7.98. The molecular formula is C22H22FN5S2. The maximum absolute atomic E-state index is 13.5. The fourth-order valence-corrected chi connectivity index (χ4v) is 4.24. The van der Waals surface area contributed by atoms with Gasteiger partial charge in [0.05, 0.1) is 22.4 Å². The van der Waals surface area contributed by atoms with Gasteiger partial charge >= 0.3 is 0 Å². The maximum Gasteiger partial charge on any atom is 0.235 e. The number of nitrogens with one attached hydrogen (secondary N) is 1. The third kappa shape index (κ3) is 4.29. The van der Waals surface area contributed by atoms with Crippen LogP contribution in [0.5, 0.6) is 0 Å². The Labute approximate surface area is 184 Å². The molecule has 0 saturated carbocycles. The largest absolute Gasteiger partial charge is 0.333 e. The number of rotatable bonds is 6. The van der Waals surface area contributed by atoms with E-state index in [1.807, 2.05) is 24.3 Å². The van der Waals surface area contributed by atoms with Gasteiger partial charge in [0.15, 0.2) is 5.16 Å². The van der Waals surface area contributed by atoms with Gasteiger partial charge in [-0.1, -0.05) is 50.6 Å². The zero-order valence-electron chi connectivity index (χ0n) is 16.9. The van der Waals surface area contributed by atoms with E-state index in [1.165, 1.54) is 12.1 Å². The van der Waals surface area contributed by atoms with Gasteiger partial charge in [-0.25, -0.2) is 19.3 Å². The molecule has 0 unspecified atom stereocenters. The normalized spacial score (nSPS) is 11.4. The van der Waals surface area contributed by atoms with E-state index in [1.54, 1.807) is 35.2 Å². The van der Waals surface area contributed by atoms with Crippen molar-refractivity contribution in [3.05, 3.63) is 65.6 Å². The van der Waals surface area contributed by atoms with Crippen LogP contribution in [0, 0.1) is 5.82 Å². The molecule has 0 radical (unpaired) electrons. The second kappa shape index (κ2) is 8.65. The van der Waals surface area contributed by atoms with E-state index in [2.05, 4.69) is 36.6 Å². The Hall–Kier alpha value is -2.58. The van der Waals surface area contributed by atoms with Crippen molar-refractivity contribution in [2.75, 3.05) is 11.4 Å². The van der Waals surface area contributed by atoms with Crippen molar-refractivity contribution < 1.29 is 4.39 Å². The Morgan fingerprint density at radius 3 is 2.47 bits per heavy atom. The summed E-state index contributed by atoms with van der Waals surface area (Å²) in [6.45, 7) is 4.21. The molecule has 0 aliphatic heterocycles. The van der Waals surface area contributed by atoms with Crippen LogP contribution in [0.2, 0.25) is 0 Å². The van der Waals surface area contributed by atoms with E-state index in [-0.39, 0.29) is 11.7 Å². The van der Waals surface area contributed by atoms with Crippen LogP contribution in [-0.4, -0.2) is 27.0 Å². The topological polar surface area (TPSA) is 57.7 Å².